The quantitative estimate of drug-likeness (QED) is 0.717. The van der Waals surface area contributed by atoms with Gasteiger partial charge in [0.15, 0.2) is 0 Å². The van der Waals surface area contributed by atoms with Crippen molar-refractivity contribution in [3.8, 4) is 0 Å². The summed E-state index contributed by atoms with van der Waals surface area (Å²) in [5.74, 6) is 0.916. The molecule has 0 aromatic rings. The molecule has 0 unspecified atom stereocenters. The van der Waals surface area contributed by atoms with E-state index < -0.39 is 0 Å². The summed E-state index contributed by atoms with van der Waals surface area (Å²) in [4.78, 5) is 0. The zero-order valence-corrected chi connectivity index (χ0v) is 12.2. The summed E-state index contributed by atoms with van der Waals surface area (Å²) in [6.07, 6.45) is 7.00. The van der Waals surface area contributed by atoms with Crippen molar-refractivity contribution in [3.63, 3.8) is 0 Å². The molecule has 0 heterocycles. The average molecular weight is 241 g/mol. The van der Waals surface area contributed by atoms with Crippen molar-refractivity contribution < 1.29 is 4.74 Å². The van der Waals surface area contributed by atoms with E-state index in [1.807, 2.05) is 0 Å². The Morgan fingerprint density at radius 2 is 1.71 bits per heavy atom. The summed E-state index contributed by atoms with van der Waals surface area (Å²) in [7, 11) is 0. The molecule has 1 aliphatic rings. The van der Waals surface area contributed by atoms with Crippen molar-refractivity contribution in [1.29, 1.82) is 0 Å². The molecule has 1 saturated carbocycles. The molecule has 1 rings (SSSR count). The highest BCUT2D eigenvalue weighted by molar-refractivity contribution is 4.70. The van der Waals surface area contributed by atoms with Crippen LogP contribution in [0.25, 0.3) is 0 Å². The highest BCUT2D eigenvalue weighted by atomic mass is 16.5. The Hall–Kier alpha value is -0.0800. The lowest BCUT2D eigenvalue weighted by atomic mass is 9.89. The minimum Gasteiger partial charge on any atom is -0.377 e. The fraction of sp³-hybridized carbons (Fsp3) is 1.00. The summed E-state index contributed by atoms with van der Waals surface area (Å²) in [5.41, 5.74) is 0.438. The standard InChI is InChI=1S/C15H31NO/c1-13-5-7-14(8-6-13)17-12-11-16-10-9-15(2,3)4/h13-14,16H,5-12H2,1-4H3. The lowest BCUT2D eigenvalue weighted by Crippen LogP contribution is -2.27. The minimum absolute atomic E-state index is 0.438. The first-order valence-corrected chi connectivity index (χ1v) is 7.30. The van der Waals surface area contributed by atoms with E-state index in [0.717, 1.165) is 25.6 Å². The maximum absolute atomic E-state index is 5.90. The predicted molar refractivity (Wildman–Crippen MR) is 74.3 cm³/mol. The van der Waals surface area contributed by atoms with Crippen LogP contribution in [0, 0.1) is 11.3 Å². The van der Waals surface area contributed by atoms with Crippen LogP contribution in [0.1, 0.15) is 59.8 Å². The van der Waals surface area contributed by atoms with Crippen LogP contribution in [0.2, 0.25) is 0 Å². The van der Waals surface area contributed by atoms with Crippen LogP contribution in [0.15, 0.2) is 0 Å². The van der Waals surface area contributed by atoms with Gasteiger partial charge in [0.2, 0.25) is 0 Å². The fourth-order valence-corrected chi connectivity index (χ4v) is 2.28. The van der Waals surface area contributed by atoms with E-state index in [4.69, 9.17) is 4.74 Å². The molecule has 102 valence electrons. The smallest absolute Gasteiger partial charge is 0.0594 e. The number of ether oxygens (including phenoxy) is 1. The van der Waals surface area contributed by atoms with Crippen LogP contribution < -0.4 is 5.32 Å². The second kappa shape index (κ2) is 7.38. The lowest BCUT2D eigenvalue weighted by Gasteiger charge is -2.26. The van der Waals surface area contributed by atoms with Gasteiger partial charge in [-0.15, -0.1) is 0 Å². The monoisotopic (exact) mass is 241 g/mol. The molecule has 0 bridgehead atoms. The van der Waals surface area contributed by atoms with Gasteiger partial charge in [-0.05, 0) is 50.0 Å². The van der Waals surface area contributed by atoms with Gasteiger partial charge in [0.25, 0.3) is 0 Å². The second-order valence-corrected chi connectivity index (χ2v) is 6.81. The molecule has 0 aromatic carbocycles. The summed E-state index contributed by atoms with van der Waals surface area (Å²) >= 11 is 0. The van der Waals surface area contributed by atoms with Crippen molar-refractivity contribution in [3.05, 3.63) is 0 Å². The Kier molecular flexibility index (Phi) is 6.50. The van der Waals surface area contributed by atoms with Crippen LogP contribution in [-0.2, 0) is 4.74 Å². The van der Waals surface area contributed by atoms with Crippen molar-refractivity contribution in [2.24, 2.45) is 11.3 Å². The van der Waals surface area contributed by atoms with E-state index in [-0.39, 0.29) is 0 Å². The Morgan fingerprint density at radius 1 is 1.06 bits per heavy atom. The van der Waals surface area contributed by atoms with E-state index in [1.54, 1.807) is 0 Å². The zero-order chi connectivity index (χ0) is 12.7. The Bertz CT molecular complexity index is 190. The molecule has 0 atom stereocenters. The van der Waals surface area contributed by atoms with Crippen molar-refractivity contribution in [1.82, 2.24) is 5.32 Å². The van der Waals surface area contributed by atoms with E-state index in [1.165, 1.54) is 32.1 Å². The highest BCUT2D eigenvalue weighted by Gasteiger charge is 2.18. The van der Waals surface area contributed by atoms with Crippen molar-refractivity contribution in [2.75, 3.05) is 19.7 Å². The van der Waals surface area contributed by atoms with Crippen LogP contribution in [0.3, 0.4) is 0 Å². The average Bonchev–Trinajstić information content (AvgIpc) is 2.24. The molecule has 0 spiro atoms. The zero-order valence-electron chi connectivity index (χ0n) is 12.2. The van der Waals surface area contributed by atoms with Crippen LogP contribution in [0.4, 0.5) is 0 Å². The third-order valence-electron chi connectivity index (χ3n) is 3.65. The molecule has 17 heavy (non-hydrogen) atoms. The van der Waals surface area contributed by atoms with Gasteiger partial charge in [0, 0.05) is 6.54 Å². The maximum Gasteiger partial charge on any atom is 0.0594 e. The first-order valence-electron chi connectivity index (χ1n) is 7.30. The summed E-state index contributed by atoms with van der Waals surface area (Å²) in [6, 6.07) is 0. The molecule has 0 aromatic heterocycles. The van der Waals surface area contributed by atoms with Gasteiger partial charge >= 0.3 is 0 Å². The van der Waals surface area contributed by atoms with Crippen LogP contribution >= 0.6 is 0 Å². The first kappa shape index (κ1) is 15.0. The maximum atomic E-state index is 5.90. The van der Waals surface area contributed by atoms with Gasteiger partial charge in [0.1, 0.15) is 0 Å². The molecule has 2 nitrogen and oxygen atoms in total. The molecule has 0 saturated heterocycles. The van der Waals surface area contributed by atoms with E-state index in [9.17, 15) is 0 Å². The van der Waals surface area contributed by atoms with Gasteiger partial charge in [-0.25, -0.2) is 0 Å². The number of nitrogens with one attached hydrogen (secondary N) is 1. The molecule has 0 amide bonds. The number of hydrogen-bond donors (Lipinski definition) is 1. The largest absolute Gasteiger partial charge is 0.377 e. The lowest BCUT2D eigenvalue weighted by molar-refractivity contribution is 0.0215. The van der Waals surface area contributed by atoms with Crippen LogP contribution in [-0.4, -0.2) is 25.8 Å². The Balaban J connectivity index is 1.91. The Morgan fingerprint density at radius 3 is 2.29 bits per heavy atom. The third kappa shape index (κ3) is 7.77. The Labute approximate surface area is 108 Å². The summed E-state index contributed by atoms with van der Waals surface area (Å²) in [6.45, 7) is 12.2. The first-order chi connectivity index (χ1) is 7.97. The number of hydrogen-bond acceptors (Lipinski definition) is 2. The molecular weight excluding hydrogens is 210 g/mol. The molecule has 2 heteroatoms. The molecule has 0 aliphatic heterocycles. The fourth-order valence-electron chi connectivity index (χ4n) is 2.28. The van der Waals surface area contributed by atoms with E-state index >= 15 is 0 Å². The van der Waals surface area contributed by atoms with Gasteiger partial charge < -0.3 is 10.1 Å². The van der Waals surface area contributed by atoms with Gasteiger partial charge in [0.05, 0.1) is 12.7 Å². The molecule has 0 radical (unpaired) electrons. The van der Waals surface area contributed by atoms with Crippen molar-refractivity contribution >= 4 is 0 Å². The normalized spacial score (nSPS) is 26.1. The minimum atomic E-state index is 0.438. The SMILES string of the molecule is CC1CCC(OCCNCCC(C)(C)C)CC1. The third-order valence-corrected chi connectivity index (χ3v) is 3.65. The topological polar surface area (TPSA) is 21.3 Å². The molecule has 1 aliphatic carbocycles. The highest BCUT2D eigenvalue weighted by Crippen LogP contribution is 2.25. The summed E-state index contributed by atoms with van der Waals surface area (Å²) in [5, 5.41) is 3.47. The second-order valence-electron chi connectivity index (χ2n) is 6.81. The molecule has 1 N–H and O–H groups in total. The van der Waals surface area contributed by atoms with Gasteiger partial charge in [-0.1, -0.05) is 27.7 Å². The van der Waals surface area contributed by atoms with Crippen LogP contribution in [0.5, 0.6) is 0 Å². The molecule has 1 fully saturated rings. The van der Waals surface area contributed by atoms with E-state index in [0.29, 0.717) is 11.5 Å². The van der Waals surface area contributed by atoms with E-state index in [2.05, 4.69) is 33.0 Å². The summed E-state index contributed by atoms with van der Waals surface area (Å²) < 4.78 is 5.90. The van der Waals surface area contributed by atoms with Gasteiger partial charge in [-0.3, -0.25) is 0 Å². The number of rotatable bonds is 6. The molecular formula is C15H31NO. The van der Waals surface area contributed by atoms with Gasteiger partial charge in [-0.2, -0.15) is 0 Å². The predicted octanol–water partition coefficient (Wildman–Crippen LogP) is 3.61. The van der Waals surface area contributed by atoms with Crippen molar-refractivity contribution in [2.45, 2.75) is 65.9 Å².